The molecular formula is C29H37N3O4. The van der Waals surface area contributed by atoms with E-state index in [1.807, 2.05) is 4.90 Å². The number of aryl methyl sites for hydroxylation is 2. The van der Waals surface area contributed by atoms with Gasteiger partial charge in [0.1, 0.15) is 6.54 Å². The van der Waals surface area contributed by atoms with Gasteiger partial charge in [0.2, 0.25) is 23.6 Å². The highest BCUT2D eigenvalue weighted by atomic mass is 16.2. The van der Waals surface area contributed by atoms with Crippen LogP contribution in [0.5, 0.6) is 0 Å². The van der Waals surface area contributed by atoms with Gasteiger partial charge in [0, 0.05) is 39.0 Å². The van der Waals surface area contributed by atoms with E-state index in [9.17, 15) is 19.2 Å². The molecular weight excluding hydrogens is 454 g/mol. The lowest BCUT2D eigenvalue weighted by molar-refractivity contribution is -0.163. The number of nitrogens with zero attached hydrogens (tertiary/aromatic N) is 3. The Labute approximate surface area is 213 Å². The Morgan fingerprint density at radius 3 is 2.08 bits per heavy atom. The third kappa shape index (κ3) is 3.77. The van der Waals surface area contributed by atoms with E-state index in [0.717, 1.165) is 24.2 Å². The van der Waals surface area contributed by atoms with E-state index in [2.05, 4.69) is 32.0 Å². The van der Waals surface area contributed by atoms with Crippen LogP contribution in [-0.2, 0) is 24.6 Å². The molecule has 4 aliphatic carbocycles. The molecule has 2 saturated heterocycles. The first kappa shape index (κ1) is 23.7. The summed E-state index contributed by atoms with van der Waals surface area (Å²) >= 11 is 0. The van der Waals surface area contributed by atoms with Crippen LogP contribution >= 0.6 is 0 Å². The molecule has 2 atom stereocenters. The Morgan fingerprint density at radius 1 is 0.861 bits per heavy atom. The van der Waals surface area contributed by atoms with E-state index in [4.69, 9.17) is 0 Å². The third-order valence-electron chi connectivity index (χ3n) is 10.0. The second kappa shape index (κ2) is 8.42. The molecule has 4 saturated carbocycles. The lowest BCUT2D eigenvalue weighted by atomic mass is 9.42. The molecule has 0 radical (unpaired) electrons. The number of carbonyl (C=O) groups is 4. The van der Waals surface area contributed by atoms with E-state index in [0.29, 0.717) is 43.9 Å². The maximum Gasteiger partial charge on any atom is 0.242 e. The topological polar surface area (TPSA) is 78.0 Å². The molecule has 7 heteroatoms. The quantitative estimate of drug-likeness (QED) is 0.607. The largest absolute Gasteiger partial charge is 0.339 e. The summed E-state index contributed by atoms with van der Waals surface area (Å²) in [6.07, 6.45) is 7.03. The van der Waals surface area contributed by atoms with Gasteiger partial charge in [0.25, 0.3) is 0 Å². The maximum absolute atomic E-state index is 14.1. The Morgan fingerprint density at radius 2 is 1.47 bits per heavy atom. The number of hydrogen-bond acceptors (Lipinski definition) is 4. The molecule has 1 aromatic carbocycles. The Bertz CT molecular complexity index is 1110. The first-order valence-electron chi connectivity index (χ1n) is 13.7. The van der Waals surface area contributed by atoms with Crippen LogP contribution in [0.2, 0.25) is 0 Å². The van der Waals surface area contributed by atoms with E-state index < -0.39 is 0 Å². The monoisotopic (exact) mass is 491 g/mol. The summed E-state index contributed by atoms with van der Waals surface area (Å²) in [5.41, 5.74) is 3.93. The van der Waals surface area contributed by atoms with Crippen LogP contribution < -0.4 is 0 Å². The van der Waals surface area contributed by atoms with Crippen LogP contribution in [0.25, 0.3) is 0 Å². The number of imide groups is 1. The Hall–Kier alpha value is -2.70. The van der Waals surface area contributed by atoms with Crippen molar-refractivity contribution < 1.29 is 19.2 Å². The average molecular weight is 492 g/mol. The van der Waals surface area contributed by atoms with Gasteiger partial charge in [-0.1, -0.05) is 18.2 Å². The molecule has 1 aromatic rings. The minimum atomic E-state index is -0.274. The zero-order valence-electron chi connectivity index (χ0n) is 21.6. The fourth-order valence-corrected chi connectivity index (χ4v) is 8.45. The minimum Gasteiger partial charge on any atom is -0.339 e. The van der Waals surface area contributed by atoms with Crippen molar-refractivity contribution in [1.29, 1.82) is 0 Å². The van der Waals surface area contributed by atoms with Crippen LogP contribution in [0.1, 0.15) is 68.1 Å². The smallest absolute Gasteiger partial charge is 0.242 e. The van der Waals surface area contributed by atoms with Crippen LogP contribution in [0.4, 0.5) is 0 Å². The zero-order valence-corrected chi connectivity index (χ0v) is 21.6. The lowest BCUT2D eigenvalue weighted by Crippen LogP contribution is -2.62. The summed E-state index contributed by atoms with van der Waals surface area (Å²) in [6, 6.07) is 6.94. The summed E-state index contributed by atoms with van der Waals surface area (Å²) in [5, 5.41) is 0. The summed E-state index contributed by atoms with van der Waals surface area (Å²) in [4.78, 5) is 55.5. The van der Waals surface area contributed by atoms with Gasteiger partial charge in [-0.3, -0.25) is 24.1 Å². The van der Waals surface area contributed by atoms with Crippen LogP contribution in [0.3, 0.4) is 0 Å². The summed E-state index contributed by atoms with van der Waals surface area (Å²) in [6.45, 7) is 6.17. The number of piperazine rings is 1. The summed E-state index contributed by atoms with van der Waals surface area (Å²) in [5.74, 6) is 0.810. The van der Waals surface area contributed by atoms with Crippen molar-refractivity contribution in [1.82, 2.24) is 14.7 Å². The predicted octanol–water partition coefficient (Wildman–Crippen LogP) is 2.96. The van der Waals surface area contributed by atoms with Gasteiger partial charge in [-0.15, -0.1) is 0 Å². The molecule has 4 bridgehead atoms. The van der Waals surface area contributed by atoms with Crippen molar-refractivity contribution in [3.8, 4) is 0 Å². The van der Waals surface area contributed by atoms with Crippen molar-refractivity contribution >= 4 is 23.6 Å². The molecule has 4 amide bonds. The second-order valence-corrected chi connectivity index (χ2v) is 12.4. The van der Waals surface area contributed by atoms with E-state index in [-0.39, 0.29) is 47.9 Å². The molecule has 7 nitrogen and oxygen atoms in total. The number of benzene rings is 1. The van der Waals surface area contributed by atoms with Crippen LogP contribution in [-0.4, -0.2) is 71.1 Å². The fourth-order valence-electron chi connectivity index (χ4n) is 8.45. The summed E-state index contributed by atoms with van der Waals surface area (Å²) < 4.78 is 0. The van der Waals surface area contributed by atoms with Gasteiger partial charge in [-0.2, -0.15) is 0 Å². The highest BCUT2D eigenvalue weighted by Crippen LogP contribution is 2.66. The highest BCUT2D eigenvalue weighted by Gasteiger charge is 2.61. The van der Waals surface area contributed by atoms with Gasteiger partial charge in [0.05, 0.1) is 5.41 Å². The average Bonchev–Trinajstić information content (AvgIpc) is 3.16. The molecule has 0 aromatic heterocycles. The van der Waals surface area contributed by atoms with Crippen molar-refractivity contribution in [2.45, 2.75) is 70.6 Å². The van der Waals surface area contributed by atoms with Gasteiger partial charge >= 0.3 is 0 Å². The summed E-state index contributed by atoms with van der Waals surface area (Å²) in [7, 11) is 0. The second-order valence-electron chi connectivity index (χ2n) is 12.4. The number of hydrogen-bond donors (Lipinski definition) is 0. The van der Waals surface area contributed by atoms with Gasteiger partial charge in [0.15, 0.2) is 0 Å². The van der Waals surface area contributed by atoms with E-state index in [1.165, 1.54) is 36.0 Å². The molecule has 0 spiro atoms. The predicted molar refractivity (Wildman–Crippen MR) is 134 cm³/mol. The van der Waals surface area contributed by atoms with Gasteiger partial charge < -0.3 is 9.80 Å². The number of carbonyl (C=O) groups excluding carboxylic acids is 4. The van der Waals surface area contributed by atoms with Gasteiger partial charge in [-0.25, -0.2) is 0 Å². The van der Waals surface area contributed by atoms with Gasteiger partial charge in [-0.05, 0) is 86.3 Å². The normalized spacial score (nSPS) is 33.6. The fraction of sp³-hybridized carbons (Fsp3) is 0.655. The minimum absolute atomic E-state index is 0.116. The van der Waals surface area contributed by atoms with Crippen LogP contribution in [0.15, 0.2) is 18.2 Å². The molecule has 0 N–H and O–H groups in total. The third-order valence-corrected chi connectivity index (χ3v) is 10.0. The van der Waals surface area contributed by atoms with Crippen molar-refractivity contribution in [3.05, 3.63) is 34.9 Å². The van der Waals surface area contributed by atoms with E-state index in [1.54, 1.807) is 4.90 Å². The SMILES string of the molecule is Cc1ccc(C23CC4CC(CC(C(=O)N5CCN(C(=O)CN6C(=O)CCC6=O)CC5)(C4)C2)C3)cc1C. The molecule has 2 unspecified atom stereocenters. The number of rotatable bonds is 4. The maximum atomic E-state index is 14.1. The zero-order chi connectivity index (χ0) is 25.2. The van der Waals surface area contributed by atoms with E-state index >= 15 is 0 Å². The first-order valence-corrected chi connectivity index (χ1v) is 13.7. The molecule has 36 heavy (non-hydrogen) atoms. The number of amides is 4. The molecule has 192 valence electrons. The molecule has 7 rings (SSSR count). The highest BCUT2D eigenvalue weighted by molar-refractivity contribution is 6.04. The van der Waals surface area contributed by atoms with Crippen molar-refractivity contribution in [2.75, 3.05) is 32.7 Å². The standard InChI is InChI=1S/C29H37N3O4/c1-19-3-4-23(11-20(19)2)28-13-21-12-22(14-28)16-29(15-21,18-28)27(36)31-9-7-30(8-10-31)26(35)17-32-24(33)5-6-25(32)34/h3-4,11,21-22H,5-10,12-18H2,1-2H3. The Kier molecular flexibility index (Phi) is 5.54. The van der Waals surface area contributed by atoms with Crippen molar-refractivity contribution in [3.63, 3.8) is 0 Å². The molecule has 6 aliphatic rings. The van der Waals surface area contributed by atoms with Crippen molar-refractivity contribution in [2.24, 2.45) is 17.3 Å². The first-order chi connectivity index (χ1) is 17.2. The molecule has 2 heterocycles. The molecule has 6 fully saturated rings. The molecule has 2 aliphatic heterocycles. The lowest BCUT2D eigenvalue weighted by Gasteiger charge is -2.62. The Balaban J connectivity index is 1.15. The van der Waals surface area contributed by atoms with Crippen LogP contribution in [0, 0.1) is 31.1 Å². The number of likely N-dealkylation sites (tertiary alicyclic amines) is 1.